The second kappa shape index (κ2) is 12.2. The molecule has 4 nitrogen and oxygen atoms in total. The van der Waals surface area contributed by atoms with Crippen molar-refractivity contribution in [2.45, 2.75) is 80.1 Å². The van der Waals surface area contributed by atoms with Crippen LogP contribution >= 0.6 is 0 Å². The van der Waals surface area contributed by atoms with Crippen LogP contribution in [0.15, 0.2) is 18.2 Å². The molecule has 3 rings (SSSR count). The van der Waals surface area contributed by atoms with Crippen molar-refractivity contribution in [1.29, 1.82) is 0 Å². The van der Waals surface area contributed by atoms with Gasteiger partial charge in [0.2, 0.25) is 5.88 Å². The van der Waals surface area contributed by atoms with Crippen molar-refractivity contribution < 1.29 is 4.74 Å². The van der Waals surface area contributed by atoms with Crippen LogP contribution in [0.1, 0.15) is 79.0 Å². The smallest absolute Gasteiger partial charge is 0.222 e. The van der Waals surface area contributed by atoms with Crippen LogP contribution in [-0.2, 0) is 0 Å². The van der Waals surface area contributed by atoms with E-state index in [0.717, 1.165) is 72.4 Å². The van der Waals surface area contributed by atoms with Crippen LogP contribution in [0.2, 0.25) is 0 Å². The second-order valence-corrected chi connectivity index (χ2v) is 9.10. The molecule has 2 aromatic rings. The minimum absolute atomic E-state index is 0.478. The van der Waals surface area contributed by atoms with E-state index in [1.165, 1.54) is 24.0 Å². The molecule has 0 amide bonds. The van der Waals surface area contributed by atoms with Gasteiger partial charge in [-0.2, -0.15) is 0 Å². The van der Waals surface area contributed by atoms with E-state index in [2.05, 4.69) is 72.0 Å². The molecule has 1 atom stereocenters. The van der Waals surface area contributed by atoms with E-state index in [1.807, 2.05) is 0 Å². The van der Waals surface area contributed by atoms with Gasteiger partial charge >= 0.3 is 0 Å². The Bertz CT molecular complexity index is 820. The maximum absolute atomic E-state index is 6.34. The van der Waals surface area contributed by atoms with Crippen molar-refractivity contribution in [2.24, 2.45) is 11.7 Å². The van der Waals surface area contributed by atoms with Crippen molar-refractivity contribution in [2.75, 3.05) is 19.6 Å². The molecule has 1 aliphatic carbocycles. The quantitative estimate of drug-likeness (QED) is 0.465. The van der Waals surface area contributed by atoms with Gasteiger partial charge in [0.25, 0.3) is 0 Å². The summed E-state index contributed by atoms with van der Waals surface area (Å²) < 4.78 is 6.34. The number of hydrogen-bond donors (Lipinski definition) is 2. The highest BCUT2D eigenvalue weighted by atomic mass is 16.5. The zero-order valence-corrected chi connectivity index (χ0v) is 20.8. The summed E-state index contributed by atoms with van der Waals surface area (Å²) in [5, 5.41) is 3.56. The molecule has 1 aromatic heterocycles. The molecule has 1 saturated carbocycles. The molecule has 4 heteroatoms. The van der Waals surface area contributed by atoms with Crippen molar-refractivity contribution in [3.8, 4) is 11.6 Å². The van der Waals surface area contributed by atoms with Gasteiger partial charge in [0.15, 0.2) is 0 Å². The molecule has 1 heterocycles. The predicted octanol–water partition coefficient (Wildman–Crippen LogP) is 6.26. The van der Waals surface area contributed by atoms with Crippen LogP contribution in [0.5, 0.6) is 11.6 Å². The van der Waals surface area contributed by atoms with Crippen LogP contribution in [0.4, 0.5) is 0 Å². The van der Waals surface area contributed by atoms with Gasteiger partial charge in [-0.05, 0) is 108 Å². The van der Waals surface area contributed by atoms with Crippen molar-refractivity contribution in [3.63, 3.8) is 0 Å². The number of rotatable bonds is 9. The minimum atomic E-state index is 0.478. The number of pyridine rings is 1. The van der Waals surface area contributed by atoms with Gasteiger partial charge in [-0.15, -0.1) is 0 Å². The summed E-state index contributed by atoms with van der Waals surface area (Å²) in [6.07, 6.45) is 5.03. The molecule has 0 radical (unpaired) electrons. The lowest BCUT2D eigenvalue weighted by Crippen LogP contribution is -2.22. The summed E-state index contributed by atoms with van der Waals surface area (Å²) in [4.78, 5) is 4.70. The predicted molar refractivity (Wildman–Crippen MR) is 132 cm³/mol. The first-order chi connectivity index (χ1) is 14.8. The Hall–Kier alpha value is -1.91. The number of ether oxygens (including phenoxy) is 1. The molecule has 1 unspecified atom stereocenters. The summed E-state index contributed by atoms with van der Waals surface area (Å²) in [5.74, 6) is 3.06. The highest BCUT2D eigenvalue weighted by molar-refractivity contribution is 5.47. The van der Waals surface area contributed by atoms with E-state index >= 15 is 0 Å². The summed E-state index contributed by atoms with van der Waals surface area (Å²) >= 11 is 0. The van der Waals surface area contributed by atoms with E-state index < -0.39 is 0 Å². The number of hydrogen-bond acceptors (Lipinski definition) is 4. The average molecular weight is 426 g/mol. The standard InChI is InChI=1S/C23H34N2O.C4H9N/c1-8-10-24-14-20(9-2)21-13-18(6)25-23(19(21)7)26-22-16(4)11-15(3)12-17(22)5;5-3-4-1-2-4/h11-13,20,24H,8-10,14H2,1-7H3;4H,1-3,5H2. The summed E-state index contributed by atoms with van der Waals surface area (Å²) in [7, 11) is 0. The monoisotopic (exact) mass is 425 g/mol. The Morgan fingerprint density at radius 1 is 1.06 bits per heavy atom. The summed E-state index contributed by atoms with van der Waals surface area (Å²) in [5.41, 5.74) is 12.3. The third-order valence-electron chi connectivity index (χ3n) is 5.98. The van der Waals surface area contributed by atoms with E-state index in [0.29, 0.717) is 5.92 Å². The average Bonchev–Trinajstić information content (AvgIpc) is 3.56. The number of aromatic nitrogens is 1. The zero-order valence-electron chi connectivity index (χ0n) is 20.8. The van der Waals surface area contributed by atoms with Gasteiger partial charge in [0, 0.05) is 17.8 Å². The van der Waals surface area contributed by atoms with Crippen LogP contribution in [0.3, 0.4) is 0 Å². The molecule has 0 bridgehead atoms. The highest BCUT2D eigenvalue weighted by Crippen LogP contribution is 2.34. The molecule has 3 N–H and O–H groups in total. The Morgan fingerprint density at radius 2 is 1.71 bits per heavy atom. The number of nitrogens with zero attached hydrogens (tertiary/aromatic N) is 1. The summed E-state index contributed by atoms with van der Waals surface area (Å²) in [6, 6.07) is 6.55. The third-order valence-corrected chi connectivity index (χ3v) is 5.98. The van der Waals surface area contributed by atoms with Gasteiger partial charge in [0.1, 0.15) is 5.75 Å². The normalized spacial score (nSPS) is 14.1. The molecule has 1 fully saturated rings. The first kappa shape index (κ1) is 25.4. The summed E-state index contributed by atoms with van der Waals surface area (Å²) in [6.45, 7) is 17.9. The van der Waals surface area contributed by atoms with Gasteiger partial charge in [-0.3, -0.25) is 0 Å². The SMILES string of the molecule is CCCNCC(CC)c1cc(C)nc(Oc2c(C)cc(C)cc2C)c1C.NCC1CC1. The van der Waals surface area contributed by atoms with E-state index in [9.17, 15) is 0 Å². The number of nitrogens with two attached hydrogens (primary N) is 1. The van der Waals surface area contributed by atoms with Gasteiger partial charge in [-0.1, -0.05) is 31.5 Å². The maximum Gasteiger partial charge on any atom is 0.222 e. The molecule has 1 aromatic carbocycles. The molecule has 1 aliphatic rings. The van der Waals surface area contributed by atoms with Crippen LogP contribution in [0.25, 0.3) is 0 Å². The van der Waals surface area contributed by atoms with E-state index in [-0.39, 0.29) is 0 Å². The van der Waals surface area contributed by atoms with Crippen molar-refractivity contribution >= 4 is 0 Å². The van der Waals surface area contributed by atoms with Crippen LogP contribution in [0, 0.1) is 40.5 Å². The Morgan fingerprint density at radius 3 is 2.19 bits per heavy atom. The van der Waals surface area contributed by atoms with Crippen molar-refractivity contribution in [1.82, 2.24) is 10.3 Å². The van der Waals surface area contributed by atoms with Gasteiger partial charge in [-0.25, -0.2) is 4.98 Å². The minimum Gasteiger partial charge on any atom is -0.438 e. The third kappa shape index (κ3) is 7.62. The number of benzene rings is 1. The molecular weight excluding hydrogens is 382 g/mol. The largest absolute Gasteiger partial charge is 0.438 e. The van der Waals surface area contributed by atoms with Crippen molar-refractivity contribution in [3.05, 3.63) is 51.7 Å². The molecule has 0 aliphatic heterocycles. The Kier molecular flexibility index (Phi) is 9.98. The van der Waals surface area contributed by atoms with Crippen LogP contribution in [-0.4, -0.2) is 24.6 Å². The molecule has 31 heavy (non-hydrogen) atoms. The topological polar surface area (TPSA) is 60.2 Å². The molecule has 0 spiro atoms. The Balaban J connectivity index is 0.000000597. The van der Waals surface area contributed by atoms with Crippen LogP contribution < -0.4 is 15.8 Å². The van der Waals surface area contributed by atoms with Gasteiger partial charge in [0.05, 0.1) is 0 Å². The fraction of sp³-hybridized carbons (Fsp3) is 0.593. The highest BCUT2D eigenvalue weighted by Gasteiger charge is 2.19. The number of aryl methyl sites for hydroxylation is 4. The second-order valence-electron chi connectivity index (χ2n) is 9.10. The molecule has 0 saturated heterocycles. The lowest BCUT2D eigenvalue weighted by molar-refractivity contribution is 0.447. The molecule has 172 valence electrons. The number of nitrogens with one attached hydrogen (secondary N) is 1. The lowest BCUT2D eigenvalue weighted by Gasteiger charge is -2.21. The van der Waals surface area contributed by atoms with Gasteiger partial charge < -0.3 is 15.8 Å². The molecular formula is C27H43N3O. The van der Waals surface area contributed by atoms with E-state index in [4.69, 9.17) is 15.5 Å². The zero-order chi connectivity index (χ0) is 23.0. The first-order valence-corrected chi connectivity index (χ1v) is 11.9. The lowest BCUT2D eigenvalue weighted by atomic mass is 9.92. The fourth-order valence-electron chi connectivity index (χ4n) is 3.96. The Labute approximate surface area is 190 Å². The van der Waals surface area contributed by atoms with E-state index in [1.54, 1.807) is 0 Å². The maximum atomic E-state index is 6.34. The first-order valence-electron chi connectivity index (χ1n) is 11.9. The fourth-order valence-corrected chi connectivity index (χ4v) is 3.96.